The first-order valence-corrected chi connectivity index (χ1v) is 9.82. The number of alkyl halides is 1. The number of nitrogens with one attached hydrogen (secondary N) is 1. The summed E-state index contributed by atoms with van der Waals surface area (Å²) in [6.45, 7) is 0.134. The van der Waals surface area contributed by atoms with E-state index in [2.05, 4.69) is 9.46 Å². The van der Waals surface area contributed by atoms with Crippen LogP contribution in [0.1, 0.15) is 33.2 Å². The fraction of sp³-hybridized carbons (Fsp3) is 0.278. The number of sulfonamides is 1. The van der Waals surface area contributed by atoms with Crippen molar-refractivity contribution in [3.63, 3.8) is 0 Å². The van der Waals surface area contributed by atoms with Gasteiger partial charge in [-0.25, -0.2) is 17.9 Å². The number of ether oxygens (including phenoxy) is 1. The van der Waals surface area contributed by atoms with Crippen molar-refractivity contribution in [3.8, 4) is 0 Å². The molecule has 1 N–H and O–H groups in total. The van der Waals surface area contributed by atoms with Crippen molar-refractivity contribution < 1.29 is 17.9 Å². The molecule has 0 saturated heterocycles. The third-order valence-corrected chi connectivity index (χ3v) is 5.79. The molecule has 0 aliphatic carbocycles. The van der Waals surface area contributed by atoms with Gasteiger partial charge in [0, 0.05) is 12.4 Å². The molecule has 0 aromatic heterocycles. The van der Waals surface area contributed by atoms with Gasteiger partial charge in [0.1, 0.15) is 5.25 Å². The molecule has 0 fully saturated rings. The van der Waals surface area contributed by atoms with Crippen LogP contribution in [-0.2, 0) is 21.3 Å². The van der Waals surface area contributed by atoms with Gasteiger partial charge in [-0.05, 0) is 29.7 Å². The molecule has 0 saturated carbocycles. The average Bonchev–Trinajstić information content (AvgIpc) is 2.65. The summed E-state index contributed by atoms with van der Waals surface area (Å²) in [7, 11) is -2.28. The number of hydrogen-bond donors (Lipinski definition) is 1. The summed E-state index contributed by atoms with van der Waals surface area (Å²) >= 11 is 5.79. The number of hydrogen-bond acceptors (Lipinski definition) is 4. The number of esters is 1. The number of carbonyl (C=O) groups is 1. The molecule has 7 heteroatoms. The summed E-state index contributed by atoms with van der Waals surface area (Å²) in [5.41, 5.74) is 1.86. The highest BCUT2D eigenvalue weighted by molar-refractivity contribution is 7.89. The molecule has 0 aliphatic rings. The largest absolute Gasteiger partial charge is 0.465 e. The van der Waals surface area contributed by atoms with Crippen molar-refractivity contribution in [2.45, 2.75) is 18.2 Å². The minimum Gasteiger partial charge on any atom is -0.465 e. The molecule has 25 heavy (non-hydrogen) atoms. The topological polar surface area (TPSA) is 72.5 Å². The zero-order valence-corrected chi connectivity index (χ0v) is 15.4. The lowest BCUT2D eigenvalue weighted by Gasteiger charge is -2.18. The fourth-order valence-corrected chi connectivity index (χ4v) is 4.29. The van der Waals surface area contributed by atoms with Crippen molar-refractivity contribution in [2.75, 3.05) is 13.0 Å². The zero-order chi connectivity index (χ0) is 18.3. The van der Waals surface area contributed by atoms with Gasteiger partial charge in [0.2, 0.25) is 10.0 Å². The minimum atomic E-state index is -3.59. The highest BCUT2D eigenvalue weighted by Gasteiger charge is 2.26. The van der Waals surface area contributed by atoms with Crippen LogP contribution in [0.5, 0.6) is 0 Å². The van der Waals surface area contributed by atoms with Crippen LogP contribution in [-0.4, -0.2) is 27.4 Å². The van der Waals surface area contributed by atoms with E-state index in [0.717, 1.165) is 5.56 Å². The van der Waals surface area contributed by atoms with Gasteiger partial charge in [0.15, 0.2) is 0 Å². The van der Waals surface area contributed by atoms with E-state index < -0.39 is 21.2 Å². The molecule has 2 aromatic carbocycles. The number of halogens is 1. The smallest absolute Gasteiger partial charge is 0.337 e. The van der Waals surface area contributed by atoms with Crippen molar-refractivity contribution in [1.29, 1.82) is 0 Å². The molecular formula is C18H20ClNO4S. The number of benzene rings is 2. The maximum atomic E-state index is 12.7. The standard InChI is InChI=1S/C18H20ClNO4S/c1-24-18(21)16-9-7-14(8-10-16)13-20-25(22,23)17(11-12-19)15-5-3-2-4-6-15/h2-10,17,20H,11-13H2,1H3. The summed E-state index contributed by atoms with van der Waals surface area (Å²) in [5.74, 6) is -0.188. The van der Waals surface area contributed by atoms with Gasteiger partial charge in [0.25, 0.3) is 0 Å². The summed E-state index contributed by atoms with van der Waals surface area (Å²) < 4.78 is 32.6. The van der Waals surface area contributed by atoms with Gasteiger partial charge in [-0.15, -0.1) is 11.6 Å². The molecular weight excluding hydrogens is 362 g/mol. The molecule has 5 nitrogen and oxygen atoms in total. The number of rotatable bonds is 8. The summed E-state index contributed by atoms with van der Waals surface area (Å²) in [5, 5.41) is -0.708. The first kappa shape index (κ1) is 19.4. The van der Waals surface area contributed by atoms with E-state index in [4.69, 9.17) is 11.6 Å². The highest BCUT2D eigenvalue weighted by Crippen LogP contribution is 2.25. The Hall–Kier alpha value is -1.89. The summed E-state index contributed by atoms with van der Waals surface area (Å²) in [6, 6.07) is 15.6. The van der Waals surface area contributed by atoms with Gasteiger partial charge < -0.3 is 4.74 Å². The van der Waals surface area contributed by atoms with E-state index in [9.17, 15) is 13.2 Å². The van der Waals surface area contributed by atoms with Gasteiger partial charge in [-0.2, -0.15) is 0 Å². The van der Waals surface area contributed by atoms with Crippen LogP contribution in [0.25, 0.3) is 0 Å². The average molecular weight is 382 g/mol. The van der Waals surface area contributed by atoms with Crippen LogP contribution in [0.15, 0.2) is 54.6 Å². The molecule has 0 bridgehead atoms. The van der Waals surface area contributed by atoms with Crippen LogP contribution in [0, 0.1) is 0 Å². The number of methoxy groups -OCH3 is 1. The minimum absolute atomic E-state index is 0.134. The summed E-state index contributed by atoms with van der Waals surface area (Å²) in [4.78, 5) is 11.4. The molecule has 134 valence electrons. The van der Waals surface area contributed by atoms with E-state index in [-0.39, 0.29) is 12.4 Å². The third-order valence-electron chi connectivity index (χ3n) is 3.77. The van der Waals surface area contributed by atoms with Crippen molar-refractivity contribution in [2.24, 2.45) is 0 Å². The Morgan fingerprint density at radius 3 is 2.32 bits per heavy atom. The van der Waals surface area contributed by atoms with Crippen LogP contribution in [0.2, 0.25) is 0 Å². The Bertz CT molecular complexity index is 792. The summed E-state index contributed by atoms with van der Waals surface area (Å²) in [6.07, 6.45) is 0.322. The molecule has 1 atom stereocenters. The Morgan fingerprint density at radius 1 is 1.12 bits per heavy atom. The van der Waals surface area contributed by atoms with E-state index >= 15 is 0 Å². The number of carbonyl (C=O) groups excluding carboxylic acids is 1. The maximum absolute atomic E-state index is 12.7. The van der Waals surface area contributed by atoms with Gasteiger partial charge in [-0.1, -0.05) is 42.5 Å². The first-order chi connectivity index (χ1) is 12.0. The van der Waals surface area contributed by atoms with Gasteiger partial charge in [-0.3, -0.25) is 0 Å². The quantitative estimate of drug-likeness (QED) is 0.562. The van der Waals surface area contributed by atoms with Crippen molar-refractivity contribution >= 4 is 27.6 Å². The van der Waals surface area contributed by atoms with E-state index in [1.165, 1.54) is 7.11 Å². The van der Waals surface area contributed by atoms with E-state index in [1.807, 2.05) is 6.07 Å². The predicted molar refractivity (Wildman–Crippen MR) is 98.1 cm³/mol. The second kappa shape index (κ2) is 8.99. The third kappa shape index (κ3) is 5.29. The first-order valence-electron chi connectivity index (χ1n) is 7.74. The Balaban J connectivity index is 2.10. The molecule has 0 aliphatic heterocycles. The molecule has 1 unspecified atom stereocenters. The molecule has 0 heterocycles. The fourth-order valence-electron chi connectivity index (χ4n) is 2.43. The molecule has 0 amide bonds. The van der Waals surface area contributed by atoms with Gasteiger partial charge in [0.05, 0.1) is 12.7 Å². The Labute approximate surface area is 153 Å². The zero-order valence-electron chi connectivity index (χ0n) is 13.8. The van der Waals surface area contributed by atoms with Crippen LogP contribution in [0.4, 0.5) is 0 Å². The Morgan fingerprint density at radius 2 is 1.76 bits per heavy atom. The van der Waals surface area contributed by atoms with Crippen molar-refractivity contribution in [3.05, 3.63) is 71.3 Å². The predicted octanol–water partition coefficient (Wildman–Crippen LogP) is 3.26. The van der Waals surface area contributed by atoms with E-state index in [0.29, 0.717) is 17.5 Å². The Kier molecular flexibility index (Phi) is 6.99. The monoisotopic (exact) mass is 381 g/mol. The normalized spacial score (nSPS) is 12.6. The van der Waals surface area contributed by atoms with E-state index in [1.54, 1.807) is 48.5 Å². The second-order valence-electron chi connectivity index (χ2n) is 5.43. The second-order valence-corrected chi connectivity index (χ2v) is 7.76. The van der Waals surface area contributed by atoms with Crippen LogP contribution >= 0.6 is 11.6 Å². The lowest BCUT2D eigenvalue weighted by atomic mass is 10.1. The maximum Gasteiger partial charge on any atom is 0.337 e. The van der Waals surface area contributed by atoms with Crippen LogP contribution < -0.4 is 4.72 Å². The van der Waals surface area contributed by atoms with Crippen molar-refractivity contribution in [1.82, 2.24) is 4.72 Å². The molecule has 2 rings (SSSR count). The molecule has 2 aromatic rings. The highest BCUT2D eigenvalue weighted by atomic mass is 35.5. The van der Waals surface area contributed by atoms with Crippen LogP contribution in [0.3, 0.4) is 0 Å². The lowest BCUT2D eigenvalue weighted by Crippen LogP contribution is -2.29. The SMILES string of the molecule is COC(=O)c1ccc(CNS(=O)(=O)C(CCCl)c2ccccc2)cc1. The lowest BCUT2D eigenvalue weighted by molar-refractivity contribution is 0.0600. The molecule has 0 radical (unpaired) electrons. The molecule has 0 spiro atoms. The van der Waals surface area contributed by atoms with Gasteiger partial charge >= 0.3 is 5.97 Å².